The van der Waals surface area contributed by atoms with Crippen molar-refractivity contribution in [3.05, 3.63) is 63.6 Å². The lowest BCUT2D eigenvalue weighted by Crippen LogP contribution is -2.22. The number of nitrogens with zero attached hydrogens (tertiary/aromatic N) is 1. The van der Waals surface area contributed by atoms with E-state index in [2.05, 4.69) is 5.32 Å². The summed E-state index contributed by atoms with van der Waals surface area (Å²) in [6.07, 6.45) is 0. The Kier molecular flexibility index (Phi) is 5.10. The normalized spacial score (nSPS) is 10.3. The maximum atomic E-state index is 12.1. The molecule has 0 fully saturated rings. The van der Waals surface area contributed by atoms with Crippen LogP contribution >= 0.6 is 23.2 Å². The van der Waals surface area contributed by atoms with Crippen molar-refractivity contribution in [1.82, 2.24) is 4.90 Å². The second-order valence-electron chi connectivity index (χ2n) is 4.83. The van der Waals surface area contributed by atoms with Crippen LogP contribution in [0.15, 0.2) is 42.5 Å². The Bertz CT molecular complexity index is 656. The van der Waals surface area contributed by atoms with E-state index in [1.165, 1.54) is 0 Å². The predicted molar refractivity (Wildman–Crippen MR) is 88.2 cm³/mol. The number of carbonyl (C=O) groups excluding carboxylic acids is 1. The Balaban J connectivity index is 2.19. The highest BCUT2D eigenvalue weighted by Gasteiger charge is 2.12. The summed E-state index contributed by atoms with van der Waals surface area (Å²) < 4.78 is 0. The van der Waals surface area contributed by atoms with E-state index in [-0.39, 0.29) is 5.91 Å². The van der Waals surface area contributed by atoms with Gasteiger partial charge in [-0.15, -0.1) is 0 Å². The minimum absolute atomic E-state index is 0.0414. The fourth-order valence-electron chi connectivity index (χ4n) is 1.92. The number of hydrogen-bond donors (Lipinski definition) is 1. The molecule has 0 aliphatic rings. The van der Waals surface area contributed by atoms with Gasteiger partial charge in [0.2, 0.25) is 0 Å². The highest BCUT2D eigenvalue weighted by atomic mass is 35.5. The third kappa shape index (κ3) is 3.90. The molecule has 0 aliphatic carbocycles. The van der Waals surface area contributed by atoms with Crippen LogP contribution in [0.3, 0.4) is 0 Å². The molecule has 0 unspecified atom stereocenters. The largest absolute Gasteiger partial charge is 0.380 e. The number of amides is 1. The van der Waals surface area contributed by atoms with Crippen LogP contribution in [0.25, 0.3) is 0 Å². The van der Waals surface area contributed by atoms with E-state index in [0.717, 1.165) is 11.3 Å². The van der Waals surface area contributed by atoms with Crippen LogP contribution in [-0.4, -0.2) is 24.9 Å². The fourth-order valence-corrected chi connectivity index (χ4v) is 2.40. The fraction of sp³-hybridized carbons (Fsp3) is 0.188. The molecule has 1 amide bonds. The van der Waals surface area contributed by atoms with Crippen LogP contribution in [0.5, 0.6) is 0 Å². The third-order valence-corrected chi connectivity index (χ3v) is 3.64. The Morgan fingerprint density at radius 2 is 1.86 bits per heavy atom. The average molecular weight is 323 g/mol. The van der Waals surface area contributed by atoms with Crippen molar-refractivity contribution in [2.45, 2.75) is 6.54 Å². The molecule has 2 aromatic rings. The van der Waals surface area contributed by atoms with Crippen LogP contribution < -0.4 is 5.32 Å². The lowest BCUT2D eigenvalue weighted by molar-refractivity contribution is 0.0828. The molecule has 0 aliphatic heterocycles. The van der Waals surface area contributed by atoms with E-state index in [4.69, 9.17) is 23.2 Å². The van der Waals surface area contributed by atoms with Crippen molar-refractivity contribution in [3.8, 4) is 0 Å². The smallest absolute Gasteiger partial charge is 0.255 e. The molecule has 0 spiro atoms. The van der Waals surface area contributed by atoms with E-state index in [1.54, 1.807) is 37.2 Å². The van der Waals surface area contributed by atoms with Gasteiger partial charge in [-0.2, -0.15) is 0 Å². The molecule has 0 saturated carbocycles. The van der Waals surface area contributed by atoms with Crippen LogP contribution in [0, 0.1) is 0 Å². The molecule has 110 valence electrons. The van der Waals surface area contributed by atoms with Gasteiger partial charge in [-0.05, 0) is 29.8 Å². The second-order valence-corrected chi connectivity index (χ2v) is 5.68. The summed E-state index contributed by atoms with van der Waals surface area (Å²) in [4.78, 5) is 13.7. The SMILES string of the molecule is CN(C)C(=O)c1ccccc1NCc1ccc(Cl)cc1Cl. The molecule has 3 nitrogen and oxygen atoms in total. The molecule has 0 heterocycles. The molecular formula is C16H16Cl2N2O. The average Bonchev–Trinajstić information content (AvgIpc) is 2.46. The van der Waals surface area contributed by atoms with Gasteiger partial charge in [0.15, 0.2) is 0 Å². The number of nitrogens with one attached hydrogen (secondary N) is 1. The molecule has 0 atom stereocenters. The Morgan fingerprint density at radius 1 is 1.14 bits per heavy atom. The van der Waals surface area contributed by atoms with Gasteiger partial charge in [0, 0.05) is 36.4 Å². The highest BCUT2D eigenvalue weighted by molar-refractivity contribution is 6.35. The minimum atomic E-state index is -0.0414. The number of benzene rings is 2. The maximum Gasteiger partial charge on any atom is 0.255 e. The summed E-state index contributed by atoms with van der Waals surface area (Å²) >= 11 is 12.0. The second kappa shape index (κ2) is 6.83. The number of para-hydroxylation sites is 1. The van der Waals surface area contributed by atoms with Crippen molar-refractivity contribution in [2.75, 3.05) is 19.4 Å². The van der Waals surface area contributed by atoms with E-state index in [0.29, 0.717) is 22.2 Å². The lowest BCUT2D eigenvalue weighted by atomic mass is 10.1. The van der Waals surface area contributed by atoms with Crippen molar-refractivity contribution in [1.29, 1.82) is 0 Å². The molecule has 0 radical (unpaired) electrons. The monoisotopic (exact) mass is 322 g/mol. The minimum Gasteiger partial charge on any atom is -0.380 e. The molecule has 0 bridgehead atoms. The first-order chi connectivity index (χ1) is 9.99. The number of halogens is 2. The summed E-state index contributed by atoms with van der Waals surface area (Å²) in [6.45, 7) is 0.522. The first kappa shape index (κ1) is 15.7. The maximum absolute atomic E-state index is 12.1. The van der Waals surface area contributed by atoms with Gasteiger partial charge in [0.05, 0.1) is 5.56 Å². The zero-order valence-corrected chi connectivity index (χ0v) is 13.4. The van der Waals surface area contributed by atoms with E-state index in [1.807, 2.05) is 24.3 Å². The van der Waals surface area contributed by atoms with Crippen LogP contribution in [-0.2, 0) is 6.54 Å². The molecular weight excluding hydrogens is 307 g/mol. The van der Waals surface area contributed by atoms with Gasteiger partial charge >= 0.3 is 0 Å². The molecule has 5 heteroatoms. The van der Waals surface area contributed by atoms with E-state index < -0.39 is 0 Å². The molecule has 0 saturated heterocycles. The zero-order valence-electron chi connectivity index (χ0n) is 11.9. The van der Waals surface area contributed by atoms with E-state index >= 15 is 0 Å². The van der Waals surface area contributed by atoms with Crippen LogP contribution in [0.4, 0.5) is 5.69 Å². The summed E-state index contributed by atoms with van der Waals surface area (Å²) in [5.74, 6) is -0.0414. The molecule has 0 aromatic heterocycles. The van der Waals surface area contributed by atoms with E-state index in [9.17, 15) is 4.79 Å². The quantitative estimate of drug-likeness (QED) is 0.909. The van der Waals surface area contributed by atoms with Crippen molar-refractivity contribution in [2.24, 2.45) is 0 Å². The van der Waals surface area contributed by atoms with Gasteiger partial charge in [-0.3, -0.25) is 4.79 Å². The summed E-state index contributed by atoms with van der Waals surface area (Å²) in [5.41, 5.74) is 2.34. The van der Waals surface area contributed by atoms with Gasteiger partial charge in [-0.1, -0.05) is 41.4 Å². The lowest BCUT2D eigenvalue weighted by Gasteiger charge is -2.15. The number of anilines is 1. The number of carbonyl (C=O) groups is 1. The summed E-state index contributed by atoms with van der Waals surface area (Å²) in [7, 11) is 3.46. The van der Waals surface area contributed by atoms with Crippen LogP contribution in [0.1, 0.15) is 15.9 Å². The Hall–Kier alpha value is -1.71. The van der Waals surface area contributed by atoms with Gasteiger partial charge in [-0.25, -0.2) is 0 Å². The number of rotatable bonds is 4. The third-order valence-electron chi connectivity index (χ3n) is 3.05. The predicted octanol–water partition coefficient (Wildman–Crippen LogP) is 4.31. The van der Waals surface area contributed by atoms with Crippen molar-refractivity contribution >= 4 is 34.8 Å². The number of hydrogen-bond acceptors (Lipinski definition) is 2. The Labute approximate surface area is 134 Å². The first-order valence-corrected chi connectivity index (χ1v) is 7.23. The van der Waals surface area contributed by atoms with Crippen molar-refractivity contribution < 1.29 is 4.79 Å². The van der Waals surface area contributed by atoms with Crippen molar-refractivity contribution in [3.63, 3.8) is 0 Å². The summed E-state index contributed by atoms with van der Waals surface area (Å²) in [6, 6.07) is 12.8. The van der Waals surface area contributed by atoms with Gasteiger partial charge in [0.25, 0.3) is 5.91 Å². The van der Waals surface area contributed by atoms with Crippen LogP contribution in [0.2, 0.25) is 10.0 Å². The Morgan fingerprint density at radius 3 is 2.52 bits per heavy atom. The molecule has 2 rings (SSSR count). The molecule has 1 N–H and O–H groups in total. The standard InChI is InChI=1S/C16H16Cl2N2O/c1-20(2)16(21)13-5-3-4-6-15(13)19-10-11-7-8-12(17)9-14(11)18/h3-9,19H,10H2,1-2H3. The zero-order chi connectivity index (χ0) is 15.4. The molecule has 21 heavy (non-hydrogen) atoms. The highest BCUT2D eigenvalue weighted by Crippen LogP contribution is 2.23. The van der Waals surface area contributed by atoms with Gasteiger partial charge in [0.1, 0.15) is 0 Å². The first-order valence-electron chi connectivity index (χ1n) is 6.47. The molecule has 2 aromatic carbocycles. The van der Waals surface area contributed by atoms with Gasteiger partial charge < -0.3 is 10.2 Å². The summed E-state index contributed by atoms with van der Waals surface area (Å²) in [5, 5.41) is 4.46. The topological polar surface area (TPSA) is 32.3 Å².